The maximum absolute atomic E-state index is 4.48. The van der Waals surface area contributed by atoms with Crippen molar-refractivity contribution in [2.75, 3.05) is 25.0 Å². The highest BCUT2D eigenvalue weighted by atomic mass is 15.2. The third-order valence-corrected chi connectivity index (χ3v) is 4.56. The van der Waals surface area contributed by atoms with Crippen molar-refractivity contribution in [1.82, 2.24) is 15.3 Å². The number of nitrogens with one attached hydrogen (secondary N) is 2. The van der Waals surface area contributed by atoms with Crippen molar-refractivity contribution in [3.63, 3.8) is 0 Å². The Morgan fingerprint density at radius 2 is 2.42 bits per heavy atom. The second-order valence-corrected chi connectivity index (χ2v) is 6.09. The topological polar surface area (TPSA) is 68.7 Å². The molecule has 3 rings (SSSR count). The van der Waals surface area contributed by atoms with Gasteiger partial charge in [0.1, 0.15) is 12.0 Å². The number of hydrogen-bond donors (Lipinski definition) is 2. The van der Waals surface area contributed by atoms with E-state index in [9.17, 15) is 0 Å². The Kier molecular flexibility index (Phi) is 5.05. The Bertz CT molecular complexity index is 773. The largest absolute Gasteiger partial charge is 0.369 e. The van der Waals surface area contributed by atoms with Crippen molar-refractivity contribution in [1.29, 1.82) is 0 Å². The molecule has 3 heterocycles. The highest BCUT2D eigenvalue weighted by Gasteiger charge is 2.22. The number of aromatic nitrogens is 2. The van der Waals surface area contributed by atoms with E-state index in [0.717, 1.165) is 35.3 Å². The van der Waals surface area contributed by atoms with E-state index in [-0.39, 0.29) is 0 Å². The minimum atomic E-state index is 0.532. The fourth-order valence-electron chi connectivity index (χ4n) is 3.31. The Hall–Kier alpha value is -2.47. The van der Waals surface area contributed by atoms with Gasteiger partial charge in [0.15, 0.2) is 0 Å². The van der Waals surface area contributed by atoms with Gasteiger partial charge in [-0.15, -0.1) is 0 Å². The molecule has 2 aromatic rings. The molecule has 1 atom stereocenters. The molecule has 1 saturated heterocycles. The van der Waals surface area contributed by atoms with Crippen LogP contribution in [0.2, 0.25) is 0 Å². The van der Waals surface area contributed by atoms with E-state index in [4.69, 9.17) is 0 Å². The van der Waals surface area contributed by atoms with Gasteiger partial charge in [-0.1, -0.05) is 0 Å². The van der Waals surface area contributed by atoms with Gasteiger partial charge in [0, 0.05) is 54.4 Å². The quantitative estimate of drug-likeness (QED) is 0.656. The van der Waals surface area contributed by atoms with Crippen molar-refractivity contribution >= 4 is 35.3 Å². The summed E-state index contributed by atoms with van der Waals surface area (Å²) in [6.45, 7) is 7.54. The molecule has 0 aliphatic carbocycles. The molecular weight excluding hydrogens is 300 g/mol. The minimum absolute atomic E-state index is 0.532. The van der Waals surface area contributed by atoms with Crippen LogP contribution < -0.4 is 10.2 Å². The molecule has 0 spiro atoms. The van der Waals surface area contributed by atoms with Crippen molar-refractivity contribution in [3.8, 4) is 0 Å². The van der Waals surface area contributed by atoms with Crippen LogP contribution in [0.5, 0.6) is 0 Å². The van der Waals surface area contributed by atoms with Gasteiger partial charge in [0.2, 0.25) is 0 Å². The lowest BCUT2D eigenvalue weighted by atomic mass is 10.0. The fourth-order valence-corrected chi connectivity index (χ4v) is 3.31. The van der Waals surface area contributed by atoms with Gasteiger partial charge in [0.05, 0.1) is 0 Å². The normalized spacial score (nSPS) is 19.3. The lowest BCUT2D eigenvalue weighted by Gasteiger charge is -2.34. The number of allylic oxidation sites excluding steroid dienone is 1. The average Bonchev–Trinajstić information content (AvgIpc) is 3.06. The molecule has 0 radical (unpaired) electrons. The Labute approximate surface area is 142 Å². The number of aliphatic imine (C=N–C) groups is 2. The molecular formula is C18H24N6. The third-order valence-electron chi connectivity index (χ3n) is 4.56. The van der Waals surface area contributed by atoms with Gasteiger partial charge >= 0.3 is 0 Å². The van der Waals surface area contributed by atoms with Crippen LogP contribution in [-0.4, -0.2) is 49.2 Å². The molecule has 24 heavy (non-hydrogen) atoms. The van der Waals surface area contributed by atoms with Crippen molar-refractivity contribution in [2.45, 2.75) is 25.8 Å². The Morgan fingerprint density at radius 1 is 1.54 bits per heavy atom. The van der Waals surface area contributed by atoms with Crippen LogP contribution in [0, 0.1) is 0 Å². The van der Waals surface area contributed by atoms with Gasteiger partial charge in [0.25, 0.3) is 0 Å². The fraction of sp³-hybridized carbons (Fsp3) is 0.389. The SMILES string of the molecule is C=N/C=N\C=C(/C)c1c[nH]c2nccc(N3CCC[C@H](NC)C3)c12. The smallest absolute Gasteiger partial charge is 0.139 e. The number of H-pyrrole nitrogens is 1. The highest BCUT2D eigenvalue weighted by molar-refractivity contribution is 5.99. The highest BCUT2D eigenvalue weighted by Crippen LogP contribution is 2.33. The van der Waals surface area contributed by atoms with Crippen molar-refractivity contribution in [2.24, 2.45) is 9.98 Å². The van der Waals surface area contributed by atoms with E-state index in [1.807, 2.05) is 26.4 Å². The number of aromatic amines is 1. The standard InChI is InChI=1S/C18H24N6/c1-13(9-21-12-19-2)15-10-23-18-17(15)16(6-7-22-18)24-8-4-5-14(11-24)20-3/h6-7,9-10,12,14,20H,2,4-5,8,11H2,1,3H3,(H,22,23)/b13-9+,21-12-/t14-/m0/s1. The molecule has 0 bridgehead atoms. The summed E-state index contributed by atoms with van der Waals surface area (Å²) in [6.07, 6.45) is 9.55. The zero-order valence-corrected chi connectivity index (χ0v) is 14.3. The molecule has 0 unspecified atom stereocenters. The van der Waals surface area contributed by atoms with Gasteiger partial charge in [-0.2, -0.15) is 0 Å². The zero-order valence-electron chi connectivity index (χ0n) is 14.3. The van der Waals surface area contributed by atoms with E-state index >= 15 is 0 Å². The predicted octanol–water partition coefficient (Wildman–Crippen LogP) is 2.84. The first-order valence-corrected chi connectivity index (χ1v) is 8.27. The minimum Gasteiger partial charge on any atom is -0.369 e. The summed E-state index contributed by atoms with van der Waals surface area (Å²) in [5.41, 5.74) is 4.33. The van der Waals surface area contributed by atoms with Crippen molar-refractivity contribution < 1.29 is 0 Å². The van der Waals surface area contributed by atoms with E-state index in [2.05, 4.69) is 43.0 Å². The maximum Gasteiger partial charge on any atom is 0.139 e. The second-order valence-electron chi connectivity index (χ2n) is 6.09. The molecule has 0 saturated carbocycles. The summed E-state index contributed by atoms with van der Waals surface area (Å²) < 4.78 is 0. The molecule has 1 fully saturated rings. The zero-order chi connectivity index (χ0) is 16.9. The molecule has 1 aliphatic heterocycles. The molecule has 2 aromatic heterocycles. The first kappa shape index (κ1) is 16.4. The summed E-state index contributed by atoms with van der Waals surface area (Å²) in [7, 11) is 2.04. The van der Waals surface area contributed by atoms with Crippen LogP contribution >= 0.6 is 0 Å². The van der Waals surface area contributed by atoms with Crippen LogP contribution in [0.4, 0.5) is 5.69 Å². The molecule has 0 aromatic carbocycles. The number of nitrogens with zero attached hydrogens (tertiary/aromatic N) is 4. The van der Waals surface area contributed by atoms with E-state index < -0.39 is 0 Å². The summed E-state index contributed by atoms with van der Waals surface area (Å²) in [6, 6.07) is 2.64. The van der Waals surface area contributed by atoms with Gasteiger partial charge in [-0.25, -0.2) is 9.98 Å². The second kappa shape index (κ2) is 7.40. The number of fused-ring (bicyclic) bond motifs is 1. The molecule has 126 valence electrons. The molecule has 6 nitrogen and oxygen atoms in total. The lowest BCUT2D eigenvalue weighted by Crippen LogP contribution is -2.44. The number of pyridine rings is 1. The first-order valence-electron chi connectivity index (χ1n) is 8.27. The van der Waals surface area contributed by atoms with Crippen LogP contribution in [0.1, 0.15) is 25.3 Å². The summed E-state index contributed by atoms with van der Waals surface area (Å²) in [4.78, 5) is 18.0. The number of rotatable bonds is 5. The van der Waals surface area contributed by atoms with E-state index in [1.165, 1.54) is 24.9 Å². The number of hydrogen-bond acceptors (Lipinski definition) is 4. The van der Waals surface area contributed by atoms with Crippen LogP contribution in [0.15, 0.2) is 34.6 Å². The van der Waals surface area contributed by atoms with Crippen molar-refractivity contribution in [3.05, 3.63) is 30.2 Å². The monoisotopic (exact) mass is 324 g/mol. The molecule has 6 heteroatoms. The van der Waals surface area contributed by atoms with Gasteiger partial charge in [-0.3, -0.25) is 4.99 Å². The first-order chi connectivity index (χ1) is 11.7. The number of likely N-dealkylation sites (N-methyl/N-ethyl adjacent to an activating group) is 1. The van der Waals surface area contributed by atoms with E-state index in [1.54, 1.807) is 6.20 Å². The maximum atomic E-state index is 4.48. The molecule has 0 amide bonds. The third kappa shape index (κ3) is 3.23. The number of piperidine rings is 1. The molecule has 1 aliphatic rings. The summed E-state index contributed by atoms with van der Waals surface area (Å²) in [5.74, 6) is 0. The predicted molar refractivity (Wildman–Crippen MR) is 102 cm³/mol. The summed E-state index contributed by atoms with van der Waals surface area (Å²) in [5, 5.41) is 4.56. The summed E-state index contributed by atoms with van der Waals surface area (Å²) >= 11 is 0. The van der Waals surface area contributed by atoms with Crippen LogP contribution in [0.3, 0.4) is 0 Å². The number of anilines is 1. The average molecular weight is 324 g/mol. The van der Waals surface area contributed by atoms with Gasteiger partial charge in [-0.05, 0) is 45.2 Å². The molecule has 2 N–H and O–H groups in total. The lowest BCUT2D eigenvalue weighted by molar-refractivity contribution is 0.450. The van der Waals surface area contributed by atoms with Gasteiger partial charge < -0.3 is 15.2 Å². The van der Waals surface area contributed by atoms with Crippen LogP contribution in [0.25, 0.3) is 16.6 Å². The Balaban J connectivity index is 2.02. The Morgan fingerprint density at radius 3 is 3.21 bits per heavy atom. The van der Waals surface area contributed by atoms with Crippen LogP contribution in [-0.2, 0) is 0 Å². The van der Waals surface area contributed by atoms with E-state index in [0.29, 0.717) is 6.04 Å².